The van der Waals surface area contributed by atoms with Gasteiger partial charge in [0.15, 0.2) is 5.12 Å². The van der Waals surface area contributed by atoms with Crippen LogP contribution in [0.25, 0.3) is 0 Å². The van der Waals surface area contributed by atoms with Gasteiger partial charge in [0.1, 0.15) is 0 Å². The van der Waals surface area contributed by atoms with E-state index in [1.165, 1.54) is 11.8 Å². The third-order valence-electron chi connectivity index (χ3n) is 3.64. The van der Waals surface area contributed by atoms with E-state index in [2.05, 4.69) is 0 Å². The maximum atomic E-state index is 12.1. The van der Waals surface area contributed by atoms with Crippen molar-refractivity contribution in [1.82, 2.24) is 3.11 Å². The predicted molar refractivity (Wildman–Crippen MR) is 97.6 cm³/mol. The van der Waals surface area contributed by atoms with Gasteiger partial charge in [0.2, 0.25) is 0 Å². The number of rotatable bonds is 6. The molecule has 0 spiro atoms. The molecule has 5 nitrogen and oxygen atoms in total. The van der Waals surface area contributed by atoms with Crippen LogP contribution in [0.2, 0.25) is 0 Å². The summed E-state index contributed by atoms with van der Waals surface area (Å²) >= 11 is 3.31. The third kappa shape index (κ3) is 4.68. The van der Waals surface area contributed by atoms with E-state index in [0.29, 0.717) is 24.4 Å². The van der Waals surface area contributed by atoms with Crippen LogP contribution in [0.5, 0.6) is 0 Å². The third-order valence-corrected chi connectivity index (χ3v) is 5.65. The minimum Gasteiger partial charge on any atom is -0.329 e. The van der Waals surface area contributed by atoms with E-state index in [4.69, 9.17) is 11.5 Å². The van der Waals surface area contributed by atoms with E-state index in [9.17, 15) is 9.59 Å². The Labute approximate surface area is 148 Å². The van der Waals surface area contributed by atoms with Crippen molar-refractivity contribution in [3.8, 4) is 0 Å². The van der Waals surface area contributed by atoms with Gasteiger partial charge >= 0.3 is 0 Å². The lowest BCUT2D eigenvalue weighted by atomic mass is 9.82. The van der Waals surface area contributed by atoms with Crippen molar-refractivity contribution in [2.45, 2.75) is 24.6 Å². The molecule has 22 heavy (non-hydrogen) atoms. The number of hydrogen-bond acceptors (Lipinski definition) is 5. The van der Waals surface area contributed by atoms with Crippen molar-refractivity contribution in [3.05, 3.63) is 35.4 Å². The van der Waals surface area contributed by atoms with Gasteiger partial charge in [-0.3, -0.25) is 12.7 Å². The van der Waals surface area contributed by atoms with Crippen LogP contribution >= 0.6 is 34.6 Å². The summed E-state index contributed by atoms with van der Waals surface area (Å²) in [4.78, 5) is 24.0. The highest BCUT2D eigenvalue weighted by Gasteiger charge is 2.31. The summed E-state index contributed by atoms with van der Waals surface area (Å²) in [5, 5.41) is 0.225. The summed E-state index contributed by atoms with van der Waals surface area (Å²) in [5.74, 6) is 0.713. The maximum absolute atomic E-state index is 12.1. The average molecular weight is 433 g/mol. The van der Waals surface area contributed by atoms with Gasteiger partial charge in [0, 0.05) is 36.4 Å². The van der Waals surface area contributed by atoms with Gasteiger partial charge in [0.05, 0.1) is 22.9 Å². The van der Waals surface area contributed by atoms with Crippen molar-refractivity contribution in [1.29, 1.82) is 0 Å². The molecule has 1 aliphatic carbocycles. The lowest BCUT2D eigenvalue weighted by Crippen LogP contribution is -2.39. The molecular formula is C15H20IN3O2S. The van der Waals surface area contributed by atoms with Crippen molar-refractivity contribution in [3.63, 3.8) is 0 Å². The molecule has 1 aromatic carbocycles. The zero-order valence-corrected chi connectivity index (χ0v) is 15.2. The lowest BCUT2D eigenvalue weighted by Gasteiger charge is -2.30. The molecule has 0 heterocycles. The summed E-state index contributed by atoms with van der Waals surface area (Å²) in [6, 6.07) is 7.58. The fraction of sp³-hybridized carbons (Fsp3) is 0.467. The number of hydrogen-bond donors (Lipinski definition) is 2. The molecule has 0 atom stereocenters. The van der Waals surface area contributed by atoms with Gasteiger partial charge in [-0.05, 0) is 30.5 Å². The molecule has 1 aliphatic rings. The lowest BCUT2D eigenvalue weighted by molar-refractivity contribution is -0.116. The number of halogens is 1. The molecule has 2 rings (SSSR count). The topological polar surface area (TPSA) is 89.4 Å². The Balaban J connectivity index is 1.84. The maximum Gasteiger partial charge on any atom is 0.262 e. The van der Waals surface area contributed by atoms with E-state index in [1.807, 2.05) is 35.0 Å². The molecule has 0 aliphatic heterocycles. The first-order valence-corrected chi connectivity index (χ1v) is 9.15. The SMILES string of the molecule is NCCN(I)C(=O)c1ccc(CSC(=O)[C@H]2C[C@@H](N)C2)cc1. The highest BCUT2D eigenvalue weighted by atomic mass is 127. The van der Waals surface area contributed by atoms with E-state index >= 15 is 0 Å². The van der Waals surface area contributed by atoms with Crippen LogP contribution in [0.4, 0.5) is 0 Å². The fourth-order valence-corrected chi connectivity index (χ4v) is 3.71. The number of nitrogens with two attached hydrogens (primary N) is 2. The van der Waals surface area contributed by atoms with Crippen LogP contribution in [-0.4, -0.2) is 33.3 Å². The van der Waals surface area contributed by atoms with Crippen LogP contribution in [-0.2, 0) is 10.5 Å². The number of benzene rings is 1. The van der Waals surface area contributed by atoms with Crippen molar-refractivity contribution in [2.75, 3.05) is 13.1 Å². The molecular weight excluding hydrogens is 413 g/mol. The second-order valence-corrected chi connectivity index (χ2v) is 7.56. The number of amides is 1. The summed E-state index contributed by atoms with van der Waals surface area (Å²) < 4.78 is 1.57. The van der Waals surface area contributed by atoms with Crippen molar-refractivity contribution in [2.24, 2.45) is 17.4 Å². The van der Waals surface area contributed by atoms with E-state index in [1.54, 1.807) is 15.2 Å². The second kappa shape index (κ2) is 8.28. The molecule has 7 heteroatoms. The van der Waals surface area contributed by atoms with Crippen LogP contribution in [0.3, 0.4) is 0 Å². The zero-order valence-electron chi connectivity index (χ0n) is 12.2. The van der Waals surface area contributed by atoms with Gasteiger partial charge in [-0.2, -0.15) is 0 Å². The number of carbonyl (C=O) groups is 2. The zero-order chi connectivity index (χ0) is 16.1. The molecule has 1 saturated carbocycles. The van der Waals surface area contributed by atoms with E-state index in [0.717, 1.165) is 18.4 Å². The van der Waals surface area contributed by atoms with Crippen molar-refractivity contribution >= 4 is 45.6 Å². The first kappa shape index (κ1) is 17.7. The smallest absolute Gasteiger partial charge is 0.262 e. The number of thioether (sulfide) groups is 1. The molecule has 1 fully saturated rings. The van der Waals surface area contributed by atoms with E-state index in [-0.39, 0.29) is 23.0 Å². The van der Waals surface area contributed by atoms with Crippen molar-refractivity contribution < 1.29 is 9.59 Å². The van der Waals surface area contributed by atoms with Gasteiger partial charge in [-0.25, -0.2) is 0 Å². The Morgan fingerprint density at radius 1 is 1.27 bits per heavy atom. The Morgan fingerprint density at radius 3 is 2.45 bits per heavy atom. The highest BCUT2D eigenvalue weighted by molar-refractivity contribution is 14.1. The van der Waals surface area contributed by atoms with Gasteiger partial charge in [0.25, 0.3) is 5.91 Å². The van der Waals surface area contributed by atoms with Crippen LogP contribution in [0, 0.1) is 5.92 Å². The molecule has 0 aromatic heterocycles. The molecule has 0 radical (unpaired) electrons. The largest absolute Gasteiger partial charge is 0.329 e. The van der Waals surface area contributed by atoms with Gasteiger partial charge in [-0.1, -0.05) is 23.9 Å². The van der Waals surface area contributed by atoms with Crippen LogP contribution < -0.4 is 11.5 Å². The molecule has 0 unspecified atom stereocenters. The quantitative estimate of drug-likeness (QED) is 0.529. The molecule has 1 aromatic rings. The van der Waals surface area contributed by atoms with Crippen LogP contribution in [0.15, 0.2) is 24.3 Å². The minimum atomic E-state index is -0.0511. The number of nitrogens with zero attached hydrogens (tertiary/aromatic N) is 1. The fourth-order valence-electron chi connectivity index (χ4n) is 2.23. The normalized spacial score (nSPS) is 20.3. The predicted octanol–water partition coefficient (Wildman–Crippen LogP) is 1.93. The average Bonchev–Trinajstić information content (AvgIpc) is 2.49. The first-order valence-electron chi connectivity index (χ1n) is 7.20. The standard InChI is InChI=1S/C15H20IN3O2S/c16-19(6-5-17)14(20)11-3-1-10(2-4-11)9-22-15(21)12-7-13(18)8-12/h1-4,12-13H,5-9,17-18H2/t12-,13+. The summed E-state index contributed by atoms with van der Waals surface area (Å²) in [6.07, 6.45) is 1.62. The Kier molecular flexibility index (Phi) is 6.66. The highest BCUT2D eigenvalue weighted by Crippen LogP contribution is 2.31. The number of carbonyl (C=O) groups excluding carboxylic acids is 2. The van der Waals surface area contributed by atoms with Crippen LogP contribution in [0.1, 0.15) is 28.8 Å². The Bertz CT molecular complexity index is 532. The van der Waals surface area contributed by atoms with Gasteiger partial charge in [-0.15, -0.1) is 0 Å². The molecule has 0 saturated heterocycles. The monoisotopic (exact) mass is 433 g/mol. The van der Waals surface area contributed by atoms with E-state index < -0.39 is 0 Å². The molecule has 0 bridgehead atoms. The van der Waals surface area contributed by atoms with Gasteiger partial charge < -0.3 is 11.5 Å². The summed E-state index contributed by atoms with van der Waals surface area (Å²) in [6.45, 7) is 0.964. The first-order chi connectivity index (χ1) is 10.5. The summed E-state index contributed by atoms with van der Waals surface area (Å²) in [5.41, 5.74) is 12.8. The second-order valence-electron chi connectivity index (χ2n) is 5.41. The molecule has 4 N–H and O–H groups in total. The molecule has 1 amide bonds. The Hall–Kier alpha value is -0.640. The Morgan fingerprint density at radius 2 is 1.91 bits per heavy atom. The minimum absolute atomic E-state index is 0.0511. The molecule has 120 valence electrons. The summed E-state index contributed by atoms with van der Waals surface area (Å²) in [7, 11) is 0.